The molecule has 0 aliphatic rings. The van der Waals surface area contributed by atoms with Crippen molar-refractivity contribution in [1.29, 1.82) is 0 Å². The quantitative estimate of drug-likeness (QED) is 0.543. The summed E-state index contributed by atoms with van der Waals surface area (Å²) in [6.45, 7) is 3.49. The number of aromatic nitrogens is 2. The van der Waals surface area contributed by atoms with Crippen molar-refractivity contribution in [2.45, 2.75) is 18.7 Å². The molecule has 4 rings (SSSR count). The maximum atomic E-state index is 12.8. The zero-order valence-electron chi connectivity index (χ0n) is 16.9. The first-order chi connectivity index (χ1) is 14.3. The summed E-state index contributed by atoms with van der Waals surface area (Å²) in [7, 11) is -2.23. The molecular formula is C23H21N3O3S. The van der Waals surface area contributed by atoms with Crippen LogP contribution < -0.4 is 4.72 Å². The minimum atomic E-state index is -4.01. The van der Waals surface area contributed by atoms with Crippen molar-refractivity contribution in [3.05, 3.63) is 83.7 Å². The van der Waals surface area contributed by atoms with Crippen LogP contribution in [0.1, 0.15) is 21.6 Å². The molecule has 1 amide bonds. The maximum Gasteiger partial charge on any atom is 0.285 e. The number of nitrogens with zero attached hydrogens (tertiary/aromatic N) is 2. The summed E-state index contributed by atoms with van der Waals surface area (Å²) in [6, 6.07) is 18.9. The number of amides is 1. The third kappa shape index (κ3) is 3.59. The average molecular weight is 420 g/mol. The molecule has 0 aliphatic carbocycles. The molecule has 152 valence electrons. The number of benzene rings is 3. The molecule has 1 aromatic heterocycles. The first kappa shape index (κ1) is 19.8. The lowest BCUT2D eigenvalue weighted by Gasteiger charge is -2.09. The first-order valence-corrected chi connectivity index (χ1v) is 10.9. The predicted molar refractivity (Wildman–Crippen MR) is 117 cm³/mol. The van der Waals surface area contributed by atoms with Gasteiger partial charge in [-0.25, -0.2) is 18.1 Å². The van der Waals surface area contributed by atoms with Crippen molar-refractivity contribution in [2.75, 3.05) is 0 Å². The minimum Gasteiger partial charge on any atom is -0.333 e. The lowest BCUT2D eigenvalue weighted by molar-refractivity contribution is 0.0977. The Hall–Kier alpha value is -3.45. The van der Waals surface area contributed by atoms with Crippen LogP contribution in [0, 0.1) is 13.8 Å². The van der Waals surface area contributed by atoms with Gasteiger partial charge in [0.05, 0.1) is 4.90 Å². The molecule has 0 bridgehead atoms. The number of sulfonamides is 1. The van der Waals surface area contributed by atoms with Gasteiger partial charge in [0.15, 0.2) is 0 Å². The van der Waals surface area contributed by atoms with Crippen LogP contribution in [-0.2, 0) is 17.1 Å². The van der Waals surface area contributed by atoms with Crippen molar-refractivity contribution < 1.29 is 13.2 Å². The number of carbonyl (C=O) groups is 1. The molecule has 0 radical (unpaired) electrons. The molecule has 0 saturated carbocycles. The normalized spacial score (nSPS) is 11.6. The van der Waals surface area contributed by atoms with Gasteiger partial charge in [0.2, 0.25) is 0 Å². The van der Waals surface area contributed by atoms with Crippen LogP contribution in [0.15, 0.2) is 71.8 Å². The number of rotatable bonds is 4. The van der Waals surface area contributed by atoms with E-state index in [1.807, 2.05) is 48.5 Å². The zero-order chi connectivity index (χ0) is 21.5. The van der Waals surface area contributed by atoms with Gasteiger partial charge in [-0.15, -0.1) is 0 Å². The zero-order valence-corrected chi connectivity index (χ0v) is 17.7. The van der Waals surface area contributed by atoms with E-state index >= 15 is 0 Å². The molecule has 6 nitrogen and oxygen atoms in total. The third-order valence-corrected chi connectivity index (χ3v) is 6.47. The second kappa shape index (κ2) is 7.42. The standard InChI is InChI=1S/C23H21N3O3S/c1-15-11-12-16(2)21(13-15)30(28,29)25-23(27)20-14-26(3)22(24-20)19-10-6-8-17-7-4-5-9-18(17)19/h4-14H,1-3H3,(H,25,27). The van der Waals surface area contributed by atoms with Crippen LogP contribution in [0.4, 0.5) is 0 Å². The molecule has 0 fully saturated rings. The molecule has 0 saturated heterocycles. The number of nitrogens with one attached hydrogen (secondary N) is 1. The predicted octanol–water partition coefficient (Wildman–Crippen LogP) is 3.98. The Bertz CT molecular complexity index is 1380. The fourth-order valence-corrected chi connectivity index (χ4v) is 4.76. The van der Waals surface area contributed by atoms with Gasteiger partial charge in [-0.2, -0.15) is 0 Å². The van der Waals surface area contributed by atoms with E-state index in [0.717, 1.165) is 21.9 Å². The fraction of sp³-hybridized carbons (Fsp3) is 0.130. The Labute approximate surface area is 175 Å². The van der Waals surface area contributed by atoms with Crippen molar-refractivity contribution >= 4 is 26.7 Å². The van der Waals surface area contributed by atoms with E-state index in [1.54, 1.807) is 37.6 Å². The van der Waals surface area contributed by atoms with Gasteiger partial charge in [-0.05, 0) is 41.8 Å². The van der Waals surface area contributed by atoms with E-state index in [2.05, 4.69) is 9.71 Å². The number of hydrogen-bond donors (Lipinski definition) is 1. The van der Waals surface area contributed by atoms with Crippen LogP contribution in [0.25, 0.3) is 22.2 Å². The van der Waals surface area contributed by atoms with Gasteiger partial charge in [-0.3, -0.25) is 4.79 Å². The average Bonchev–Trinajstić information content (AvgIpc) is 3.10. The largest absolute Gasteiger partial charge is 0.333 e. The minimum absolute atomic E-state index is 0.0364. The van der Waals surface area contributed by atoms with E-state index in [1.165, 1.54) is 6.20 Å². The van der Waals surface area contributed by atoms with E-state index in [9.17, 15) is 13.2 Å². The molecule has 4 aromatic rings. The van der Waals surface area contributed by atoms with Crippen molar-refractivity contribution in [2.24, 2.45) is 7.05 Å². The Morgan fingerprint density at radius 2 is 1.73 bits per heavy atom. The van der Waals surface area contributed by atoms with Crippen molar-refractivity contribution in [1.82, 2.24) is 14.3 Å². The topological polar surface area (TPSA) is 81.1 Å². The van der Waals surface area contributed by atoms with Gasteiger partial charge in [-0.1, -0.05) is 54.6 Å². The first-order valence-electron chi connectivity index (χ1n) is 9.42. The molecule has 0 atom stereocenters. The van der Waals surface area contributed by atoms with Crippen molar-refractivity contribution in [3.63, 3.8) is 0 Å². The summed E-state index contributed by atoms with van der Waals surface area (Å²) in [5.41, 5.74) is 2.27. The summed E-state index contributed by atoms with van der Waals surface area (Å²) in [5.74, 6) is -0.181. The molecule has 30 heavy (non-hydrogen) atoms. The highest BCUT2D eigenvalue weighted by Crippen LogP contribution is 2.27. The van der Waals surface area contributed by atoms with Gasteiger partial charge >= 0.3 is 0 Å². The molecular weight excluding hydrogens is 398 g/mol. The Morgan fingerprint density at radius 1 is 1.00 bits per heavy atom. The van der Waals surface area contributed by atoms with E-state index in [4.69, 9.17) is 0 Å². The van der Waals surface area contributed by atoms with Crippen LogP contribution in [0.2, 0.25) is 0 Å². The lowest BCUT2D eigenvalue weighted by atomic mass is 10.0. The molecule has 1 N–H and O–H groups in total. The molecule has 0 spiro atoms. The summed E-state index contributed by atoms with van der Waals surface area (Å²) in [5, 5.41) is 2.06. The number of hydrogen-bond acceptors (Lipinski definition) is 4. The highest BCUT2D eigenvalue weighted by atomic mass is 32.2. The lowest BCUT2D eigenvalue weighted by Crippen LogP contribution is -2.31. The van der Waals surface area contributed by atoms with Crippen molar-refractivity contribution in [3.8, 4) is 11.4 Å². The Morgan fingerprint density at radius 3 is 2.53 bits per heavy atom. The molecule has 0 unspecified atom stereocenters. The second-order valence-electron chi connectivity index (χ2n) is 7.29. The summed E-state index contributed by atoms with van der Waals surface area (Å²) in [6.07, 6.45) is 1.53. The number of fused-ring (bicyclic) bond motifs is 1. The van der Waals surface area contributed by atoms with Gasteiger partial charge in [0.1, 0.15) is 11.5 Å². The SMILES string of the molecule is Cc1ccc(C)c(S(=O)(=O)NC(=O)c2cn(C)c(-c3cccc4ccccc34)n2)c1. The molecule has 3 aromatic carbocycles. The van der Waals surface area contributed by atoms with Gasteiger partial charge in [0, 0.05) is 18.8 Å². The Balaban J connectivity index is 1.69. The molecule has 7 heteroatoms. The van der Waals surface area contributed by atoms with Gasteiger partial charge < -0.3 is 4.57 Å². The highest BCUT2D eigenvalue weighted by Gasteiger charge is 2.23. The third-order valence-electron chi connectivity index (χ3n) is 5.00. The number of imidazole rings is 1. The molecule has 1 heterocycles. The highest BCUT2D eigenvalue weighted by molar-refractivity contribution is 7.90. The molecule has 0 aliphatic heterocycles. The number of aryl methyl sites for hydroxylation is 3. The van der Waals surface area contributed by atoms with E-state index in [0.29, 0.717) is 11.4 Å². The second-order valence-corrected chi connectivity index (χ2v) is 8.94. The monoisotopic (exact) mass is 419 g/mol. The van der Waals surface area contributed by atoms with Gasteiger partial charge in [0.25, 0.3) is 15.9 Å². The van der Waals surface area contributed by atoms with Crippen LogP contribution >= 0.6 is 0 Å². The Kier molecular flexibility index (Phi) is 4.91. The van der Waals surface area contributed by atoms with Crippen LogP contribution in [-0.4, -0.2) is 23.9 Å². The van der Waals surface area contributed by atoms with Crippen LogP contribution in [0.3, 0.4) is 0 Å². The summed E-state index contributed by atoms with van der Waals surface area (Å²) >= 11 is 0. The smallest absolute Gasteiger partial charge is 0.285 e. The summed E-state index contributed by atoms with van der Waals surface area (Å²) in [4.78, 5) is 17.2. The maximum absolute atomic E-state index is 12.8. The van der Waals surface area contributed by atoms with Crippen LogP contribution in [0.5, 0.6) is 0 Å². The summed E-state index contributed by atoms with van der Waals surface area (Å²) < 4.78 is 29.4. The van der Waals surface area contributed by atoms with E-state index < -0.39 is 15.9 Å². The van der Waals surface area contributed by atoms with E-state index in [-0.39, 0.29) is 10.6 Å². The fourth-order valence-electron chi connectivity index (χ4n) is 3.47. The number of carbonyl (C=O) groups excluding carboxylic acids is 1.